The van der Waals surface area contributed by atoms with Gasteiger partial charge in [0.05, 0.1) is 16.8 Å². The lowest BCUT2D eigenvalue weighted by Gasteiger charge is -2.22. The molecule has 3 saturated carbocycles. The van der Waals surface area contributed by atoms with Crippen molar-refractivity contribution in [2.45, 2.75) is 68.7 Å². The van der Waals surface area contributed by atoms with Crippen molar-refractivity contribution in [1.82, 2.24) is 10.3 Å². The predicted molar refractivity (Wildman–Crippen MR) is 170 cm³/mol. The molecule has 0 spiro atoms. The van der Waals surface area contributed by atoms with Crippen LogP contribution < -0.4 is 26.3 Å². The number of anilines is 1. The summed E-state index contributed by atoms with van der Waals surface area (Å²) in [5.74, 6) is -4.19. The summed E-state index contributed by atoms with van der Waals surface area (Å²) >= 11 is 6.03. The largest absolute Gasteiger partial charge is 0.489 e. The number of carbonyl (C=O) groups excluding carboxylic acids is 2. The Morgan fingerprint density at radius 3 is 2.57 bits per heavy atom. The normalized spacial score (nSPS) is 21.6. The molecule has 3 aliphatic carbocycles. The van der Waals surface area contributed by atoms with Gasteiger partial charge in [-0.25, -0.2) is 18.2 Å². The third-order valence-corrected chi connectivity index (χ3v) is 9.60. The van der Waals surface area contributed by atoms with Crippen molar-refractivity contribution in [3.63, 3.8) is 0 Å². The number of nitrogen functional groups attached to an aromatic ring is 1. The first-order chi connectivity index (χ1) is 22.3. The molecule has 1 aliphatic heterocycles. The summed E-state index contributed by atoms with van der Waals surface area (Å²) in [4.78, 5) is 35.0. The molecule has 2 amide bonds. The second-order valence-electron chi connectivity index (χ2n) is 13.1. The zero-order valence-corrected chi connectivity index (χ0v) is 26.3. The van der Waals surface area contributed by atoms with E-state index in [9.17, 15) is 18.4 Å². The molecule has 1 aromatic heterocycles. The minimum atomic E-state index is -1.60. The standard InChI is InChI=1S/C34H33ClF3N5O4/c1-33(32(40)45)15-46-30-22(33)11-26(43-29(30)20-10-23(35)25(37)12-24(20)36)21(16-2-3-16)14-41-31(44)17-8-18(13-42-34(38)6-7-34)28(39)27(9-17)47-19-4-5-19/h8-13,16,19,21H,2-7,14-15,39H2,1H3,(H2,40,45)(H,41,44)/b42-13+/t21-,33-/m0/s1. The highest BCUT2D eigenvalue weighted by atomic mass is 35.5. The number of nitrogens with zero attached hydrogens (tertiary/aromatic N) is 2. The summed E-state index contributed by atoms with van der Waals surface area (Å²) < 4.78 is 55.4. The van der Waals surface area contributed by atoms with Gasteiger partial charge in [0.2, 0.25) is 5.91 Å². The average molecular weight is 668 g/mol. The summed E-state index contributed by atoms with van der Waals surface area (Å²) in [5, 5.41) is 2.68. The van der Waals surface area contributed by atoms with E-state index in [0.717, 1.165) is 31.7 Å². The van der Waals surface area contributed by atoms with Gasteiger partial charge in [0.1, 0.15) is 40.8 Å². The first-order valence-electron chi connectivity index (χ1n) is 15.6. The van der Waals surface area contributed by atoms with Gasteiger partial charge in [-0.15, -0.1) is 0 Å². The number of amides is 2. The van der Waals surface area contributed by atoms with Gasteiger partial charge in [0.25, 0.3) is 5.91 Å². The maximum absolute atomic E-state index is 15.2. The second-order valence-corrected chi connectivity index (χ2v) is 13.5. The molecule has 5 N–H and O–H groups in total. The molecule has 0 unspecified atom stereocenters. The molecule has 246 valence electrons. The van der Waals surface area contributed by atoms with Crippen LogP contribution in [0.5, 0.6) is 11.5 Å². The van der Waals surface area contributed by atoms with Gasteiger partial charge in [-0.05, 0) is 62.8 Å². The van der Waals surface area contributed by atoms with Crippen LogP contribution in [0, 0.1) is 17.6 Å². The van der Waals surface area contributed by atoms with Gasteiger partial charge < -0.3 is 26.3 Å². The van der Waals surface area contributed by atoms with Crippen molar-refractivity contribution >= 4 is 35.3 Å². The average Bonchev–Trinajstić information content (AvgIpc) is 3.93. The number of nitrogens with one attached hydrogen (secondary N) is 1. The lowest BCUT2D eigenvalue weighted by atomic mass is 9.82. The maximum atomic E-state index is 15.2. The number of benzene rings is 2. The fourth-order valence-corrected chi connectivity index (χ4v) is 5.93. The molecule has 0 bridgehead atoms. The topological polar surface area (TPSA) is 142 Å². The third-order valence-electron chi connectivity index (χ3n) is 9.31. The summed E-state index contributed by atoms with van der Waals surface area (Å²) in [6.07, 6.45) is 5.50. The van der Waals surface area contributed by atoms with Crippen molar-refractivity contribution in [3.8, 4) is 22.8 Å². The molecular weight excluding hydrogens is 635 g/mol. The predicted octanol–water partition coefficient (Wildman–Crippen LogP) is 5.74. The Morgan fingerprint density at radius 2 is 1.91 bits per heavy atom. The molecule has 9 nitrogen and oxygen atoms in total. The van der Waals surface area contributed by atoms with Gasteiger partial charge in [-0.3, -0.25) is 14.6 Å². The molecule has 2 aromatic carbocycles. The molecule has 13 heteroatoms. The van der Waals surface area contributed by atoms with Crippen LogP contribution >= 0.6 is 11.6 Å². The van der Waals surface area contributed by atoms with Crippen LogP contribution in [0.2, 0.25) is 5.02 Å². The van der Waals surface area contributed by atoms with Crippen molar-refractivity contribution < 1.29 is 32.2 Å². The van der Waals surface area contributed by atoms with Crippen LogP contribution in [0.1, 0.15) is 78.5 Å². The van der Waals surface area contributed by atoms with E-state index in [1.165, 1.54) is 6.21 Å². The van der Waals surface area contributed by atoms with E-state index in [1.54, 1.807) is 25.1 Å². The van der Waals surface area contributed by atoms with Crippen molar-refractivity contribution in [2.24, 2.45) is 16.6 Å². The smallest absolute Gasteiger partial charge is 0.251 e. The van der Waals surface area contributed by atoms with E-state index in [-0.39, 0.29) is 64.4 Å². The summed E-state index contributed by atoms with van der Waals surface area (Å²) in [5.41, 5.74) is 12.7. The summed E-state index contributed by atoms with van der Waals surface area (Å²) in [6.45, 7) is 1.69. The van der Waals surface area contributed by atoms with E-state index in [4.69, 9.17) is 37.5 Å². The Morgan fingerprint density at radius 1 is 1.17 bits per heavy atom. The second kappa shape index (κ2) is 11.4. The summed E-state index contributed by atoms with van der Waals surface area (Å²) in [6, 6.07) is 6.64. The zero-order chi connectivity index (χ0) is 33.2. The lowest BCUT2D eigenvalue weighted by molar-refractivity contribution is -0.123. The van der Waals surface area contributed by atoms with Gasteiger partial charge in [-0.2, -0.15) is 0 Å². The number of nitrogens with two attached hydrogens (primary N) is 2. The van der Waals surface area contributed by atoms with Gasteiger partial charge >= 0.3 is 0 Å². The number of alkyl halides is 1. The van der Waals surface area contributed by atoms with E-state index < -0.39 is 34.7 Å². The van der Waals surface area contributed by atoms with Gasteiger partial charge in [0.15, 0.2) is 5.79 Å². The Kier molecular flexibility index (Phi) is 7.61. The Hall–Kier alpha value is -4.32. The van der Waals surface area contributed by atoms with Gasteiger partial charge in [0, 0.05) is 65.5 Å². The van der Waals surface area contributed by atoms with E-state index in [1.807, 2.05) is 0 Å². The zero-order valence-electron chi connectivity index (χ0n) is 25.5. The van der Waals surface area contributed by atoms with Crippen LogP contribution in [0.3, 0.4) is 0 Å². The highest BCUT2D eigenvalue weighted by Gasteiger charge is 2.46. The van der Waals surface area contributed by atoms with Crippen LogP contribution in [0.25, 0.3) is 11.3 Å². The number of pyridine rings is 1. The Balaban J connectivity index is 1.22. The molecule has 2 atom stereocenters. The first-order valence-corrected chi connectivity index (χ1v) is 16.0. The molecule has 47 heavy (non-hydrogen) atoms. The van der Waals surface area contributed by atoms with Crippen LogP contribution in [0.4, 0.5) is 18.9 Å². The number of hydrogen-bond acceptors (Lipinski definition) is 7. The maximum Gasteiger partial charge on any atom is 0.251 e. The highest BCUT2D eigenvalue weighted by molar-refractivity contribution is 6.31. The van der Waals surface area contributed by atoms with Crippen molar-refractivity contribution in [3.05, 3.63) is 69.4 Å². The van der Waals surface area contributed by atoms with Crippen LogP contribution in [-0.2, 0) is 10.2 Å². The van der Waals surface area contributed by atoms with Crippen LogP contribution in [0.15, 0.2) is 35.3 Å². The minimum Gasteiger partial charge on any atom is -0.489 e. The fourth-order valence-electron chi connectivity index (χ4n) is 5.77. The number of halogens is 4. The highest BCUT2D eigenvalue weighted by Crippen LogP contribution is 2.49. The molecule has 3 aromatic rings. The monoisotopic (exact) mass is 667 g/mol. The van der Waals surface area contributed by atoms with Crippen molar-refractivity contribution in [2.75, 3.05) is 18.9 Å². The first kappa shape index (κ1) is 31.3. The number of carbonyl (C=O) groups is 2. The molecule has 0 radical (unpaired) electrons. The quantitative estimate of drug-likeness (QED) is 0.103. The van der Waals surface area contributed by atoms with Crippen molar-refractivity contribution in [1.29, 1.82) is 0 Å². The molecule has 3 fully saturated rings. The number of ether oxygens (including phenoxy) is 2. The summed E-state index contributed by atoms with van der Waals surface area (Å²) in [7, 11) is 0. The molecular formula is C34H33ClF3N5O4. The number of aliphatic imine (C=N–C) groups is 1. The molecule has 0 saturated heterocycles. The molecule has 2 heterocycles. The van der Waals surface area contributed by atoms with Gasteiger partial charge in [-0.1, -0.05) is 11.6 Å². The lowest BCUT2D eigenvalue weighted by Crippen LogP contribution is -2.40. The number of primary amides is 1. The third kappa shape index (κ3) is 6.10. The molecule has 7 rings (SSSR count). The van der Waals surface area contributed by atoms with E-state index >= 15 is 4.39 Å². The number of hydrogen-bond donors (Lipinski definition) is 3. The minimum absolute atomic E-state index is 0.00608. The SMILES string of the molecule is C[C@]1(C(N)=O)COc2c1cc([C@@H](CNC(=O)c1cc(/C=N/C3(F)CC3)c(N)c(OC3CC3)c1)C1CC1)nc2-c1cc(Cl)c(F)cc1F. The number of fused-ring (bicyclic) bond motifs is 1. The van der Waals surface area contributed by atoms with E-state index in [2.05, 4.69) is 10.3 Å². The van der Waals surface area contributed by atoms with Crippen LogP contribution in [-0.4, -0.2) is 48.1 Å². The number of rotatable bonds is 11. The fraction of sp³-hybridized carbons (Fsp3) is 0.412. The Labute approximate surface area is 273 Å². The number of aromatic nitrogens is 1. The molecule has 4 aliphatic rings. The Bertz CT molecular complexity index is 1840. The van der Waals surface area contributed by atoms with E-state index in [0.29, 0.717) is 41.5 Å².